The Labute approximate surface area is 155 Å². The third kappa shape index (κ3) is 4.42. The maximum atomic E-state index is 12.5. The number of sulfonamides is 1. The predicted octanol–water partition coefficient (Wildman–Crippen LogP) is 3.82. The lowest BCUT2D eigenvalue weighted by Crippen LogP contribution is -2.25. The summed E-state index contributed by atoms with van der Waals surface area (Å²) in [5.41, 5.74) is 2.37. The van der Waals surface area contributed by atoms with Gasteiger partial charge in [0, 0.05) is 26.3 Å². The van der Waals surface area contributed by atoms with E-state index in [2.05, 4.69) is 33.9 Å². The van der Waals surface area contributed by atoms with Crippen molar-refractivity contribution in [2.75, 3.05) is 25.5 Å². The molecule has 0 aliphatic heterocycles. The fourth-order valence-electron chi connectivity index (χ4n) is 2.88. The number of benzene rings is 3. The highest BCUT2D eigenvalue weighted by atomic mass is 32.2. The van der Waals surface area contributed by atoms with Crippen molar-refractivity contribution in [1.82, 2.24) is 4.72 Å². The minimum atomic E-state index is -3.48. The number of hydrogen-bond acceptors (Lipinski definition) is 3. The van der Waals surface area contributed by atoms with E-state index in [0.29, 0.717) is 11.4 Å². The first-order chi connectivity index (χ1) is 12.5. The van der Waals surface area contributed by atoms with Gasteiger partial charge in [0.1, 0.15) is 0 Å². The van der Waals surface area contributed by atoms with Crippen LogP contribution in [0.2, 0.25) is 0 Å². The van der Waals surface area contributed by atoms with Crippen LogP contribution in [0.3, 0.4) is 0 Å². The largest absolute Gasteiger partial charge is 0.378 e. The van der Waals surface area contributed by atoms with Crippen LogP contribution in [0.25, 0.3) is 10.8 Å². The number of anilines is 1. The summed E-state index contributed by atoms with van der Waals surface area (Å²) in [6.07, 6.45) is 1.60. The highest BCUT2D eigenvalue weighted by molar-refractivity contribution is 7.89. The summed E-state index contributed by atoms with van der Waals surface area (Å²) < 4.78 is 27.7. The molecule has 0 radical (unpaired) electrons. The van der Waals surface area contributed by atoms with Crippen LogP contribution in [0, 0.1) is 0 Å². The van der Waals surface area contributed by atoms with Crippen LogP contribution in [0.4, 0.5) is 5.69 Å². The molecule has 3 aromatic rings. The van der Waals surface area contributed by atoms with Crippen molar-refractivity contribution in [3.63, 3.8) is 0 Å². The van der Waals surface area contributed by atoms with Gasteiger partial charge in [-0.25, -0.2) is 13.1 Å². The lowest BCUT2D eigenvalue weighted by molar-refractivity contribution is 0.579. The van der Waals surface area contributed by atoms with Crippen LogP contribution in [-0.4, -0.2) is 29.1 Å². The molecule has 3 rings (SSSR count). The van der Waals surface area contributed by atoms with Gasteiger partial charge in [-0.05, 0) is 53.4 Å². The minimum Gasteiger partial charge on any atom is -0.378 e. The summed E-state index contributed by atoms with van der Waals surface area (Å²) in [6.45, 7) is 0.421. The average Bonchev–Trinajstić information content (AvgIpc) is 2.65. The first-order valence-corrected chi connectivity index (χ1v) is 10.2. The maximum Gasteiger partial charge on any atom is 0.240 e. The van der Waals surface area contributed by atoms with Crippen molar-refractivity contribution in [3.05, 3.63) is 72.3 Å². The molecule has 4 nitrogen and oxygen atoms in total. The summed E-state index contributed by atoms with van der Waals surface area (Å²) in [6, 6.07) is 21.3. The molecule has 0 atom stereocenters. The van der Waals surface area contributed by atoms with Crippen molar-refractivity contribution in [2.24, 2.45) is 0 Å². The molecule has 5 heteroatoms. The van der Waals surface area contributed by atoms with Crippen LogP contribution in [-0.2, 0) is 16.4 Å². The van der Waals surface area contributed by atoms with Gasteiger partial charge in [-0.1, -0.05) is 42.5 Å². The van der Waals surface area contributed by atoms with Crippen molar-refractivity contribution in [3.8, 4) is 0 Å². The van der Waals surface area contributed by atoms with Crippen LogP contribution in [0.1, 0.15) is 12.0 Å². The Hall–Kier alpha value is -2.37. The van der Waals surface area contributed by atoms with Crippen molar-refractivity contribution < 1.29 is 8.42 Å². The third-order valence-corrected chi connectivity index (χ3v) is 5.88. The molecule has 3 aromatic carbocycles. The lowest BCUT2D eigenvalue weighted by Gasteiger charge is -2.12. The Morgan fingerprint density at radius 3 is 2.27 bits per heavy atom. The second-order valence-corrected chi connectivity index (χ2v) is 8.34. The molecule has 0 aliphatic carbocycles. The van der Waals surface area contributed by atoms with Gasteiger partial charge >= 0.3 is 0 Å². The summed E-state index contributed by atoms with van der Waals surface area (Å²) >= 11 is 0. The Bertz CT molecular complexity index is 980. The predicted molar refractivity (Wildman–Crippen MR) is 108 cm³/mol. The Balaban J connectivity index is 1.57. The fourth-order valence-corrected chi connectivity index (χ4v) is 3.99. The first kappa shape index (κ1) is 18.4. The normalized spacial score (nSPS) is 11.6. The van der Waals surface area contributed by atoms with E-state index in [-0.39, 0.29) is 0 Å². The van der Waals surface area contributed by atoms with Crippen molar-refractivity contribution in [2.45, 2.75) is 17.7 Å². The summed E-state index contributed by atoms with van der Waals surface area (Å²) in [5, 5.41) is 1.96. The monoisotopic (exact) mass is 368 g/mol. The Morgan fingerprint density at radius 2 is 1.58 bits per heavy atom. The highest BCUT2D eigenvalue weighted by Gasteiger charge is 2.13. The van der Waals surface area contributed by atoms with E-state index in [9.17, 15) is 8.42 Å². The summed E-state index contributed by atoms with van der Waals surface area (Å²) in [4.78, 5) is 2.37. The molecule has 0 aromatic heterocycles. The van der Waals surface area contributed by atoms with Crippen LogP contribution >= 0.6 is 0 Å². The molecule has 0 saturated carbocycles. The van der Waals surface area contributed by atoms with Gasteiger partial charge in [-0.15, -0.1) is 0 Å². The molecular weight excluding hydrogens is 344 g/mol. The van der Waals surface area contributed by atoms with E-state index in [1.165, 1.54) is 5.56 Å². The average molecular weight is 369 g/mol. The molecule has 1 N–H and O–H groups in total. The van der Waals surface area contributed by atoms with E-state index < -0.39 is 10.0 Å². The summed E-state index contributed by atoms with van der Waals surface area (Å²) in [5.74, 6) is 0. The number of nitrogens with zero attached hydrogens (tertiary/aromatic N) is 1. The Morgan fingerprint density at radius 1 is 0.885 bits per heavy atom. The van der Waals surface area contributed by atoms with E-state index in [4.69, 9.17) is 0 Å². The Kier molecular flexibility index (Phi) is 5.59. The van der Waals surface area contributed by atoms with Crippen LogP contribution in [0.15, 0.2) is 71.6 Å². The first-order valence-electron chi connectivity index (χ1n) is 8.70. The van der Waals surface area contributed by atoms with Crippen molar-refractivity contribution in [1.29, 1.82) is 0 Å². The van der Waals surface area contributed by atoms with Gasteiger partial charge in [0.25, 0.3) is 0 Å². The molecule has 0 fully saturated rings. The second kappa shape index (κ2) is 7.89. The van der Waals surface area contributed by atoms with Crippen LogP contribution < -0.4 is 9.62 Å². The highest BCUT2D eigenvalue weighted by Crippen LogP contribution is 2.19. The molecule has 136 valence electrons. The van der Waals surface area contributed by atoms with Gasteiger partial charge < -0.3 is 4.90 Å². The molecule has 0 aliphatic rings. The van der Waals surface area contributed by atoms with Gasteiger partial charge in [0.2, 0.25) is 10.0 Å². The molecule has 26 heavy (non-hydrogen) atoms. The standard InChI is InChI=1S/C21H24N2O2S/c1-23(2)20-12-9-17(10-13-20)6-5-15-22-26(24,25)21-14-11-18-7-3-4-8-19(18)16-21/h3-4,7-14,16,22H,5-6,15H2,1-2H3. The van der Waals surface area contributed by atoms with E-state index in [1.54, 1.807) is 12.1 Å². The van der Waals surface area contributed by atoms with Gasteiger partial charge in [0.05, 0.1) is 4.90 Å². The minimum absolute atomic E-state index is 0.312. The van der Waals surface area contributed by atoms with Gasteiger partial charge in [0.15, 0.2) is 0 Å². The summed E-state index contributed by atoms with van der Waals surface area (Å²) in [7, 11) is 0.540. The zero-order valence-corrected chi connectivity index (χ0v) is 16.0. The quantitative estimate of drug-likeness (QED) is 0.645. The van der Waals surface area contributed by atoms with Gasteiger partial charge in [-0.3, -0.25) is 0 Å². The molecule has 0 saturated heterocycles. The number of hydrogen-bond donors (Lipinski definition) is 1. The third-order valence-electron chi connectivity index (χ3n) is 4.42. The zero-order valence-electron chi connectivity index (χ0n) is 15.1. The number of aryl methyl sites for hydroxylation is 1. The molecular formula is C21H24N2O2S. The molecule has 0 amide bonds. The number of fused-ring (bicyclic) bond motifs is 1. The maximum absolute atomic E-state index is 12.5. The lowest BCUT2D eigenvalue weighted by atomic mass is 10.1. The van der Waals surface area contributed by atoms with Gasteiger partial charge in [-0.2, -0.15) is 0 Å². The smallest absolute Gasteiger partial charge is 0.240 e. The van der Waals surface area contributed by atoms with E-state index in [1.807, 2.05) is 44.4 Å². The van der Waals surface area contributed by atoms with E-state index >= 15 is 0 Å². The number of rotatable bonds is 7. The van der Waals surface area contributed by atoms with Crippen LogP contribution in [0.5, 0.6) is 0 Å². The zero-order chi connectivity index (χ0) is 18.6. The van der Waals surface area contributed by atoms with Crippen molar-refractivity contribution >= 4 is 26.5 Å². The second-order valence-electron chi connectivity index (χ2n) is 6.57. The molecule has 0 heterocycles. The number of nitrogens with one attached hydrogen (secondary N) is 1. The topological polar surface area (TPSA) is 49.4 Å². The SMILES string of the molecule is CN(C)c1ccc(CCCNS(=O)(=O)c2ccc3ccccc3c2)cc1. The molecule has 0 unspecified atom stereocenters. The molecule has 0 spiro atoms. The molecule has 0 bridgehead atoms. The van der Waals surface area contributed by atoms with E-state index in [0.717, 1.165) is 29.3 Å². The fraction of sp³-hybridized carbons (Fsp3) is 0.238.